The maximum Gasteiger partial charge on any atom is 0.433 e. The molecule has 0 atom stereocenters. The van der Waals surface area contributed by atoms with Crippen molar-refractivity contribution in [3.63, 3.8) is 0 Å². The molecular weight excluding hydrogens is 389 g/mol. The fourth-order valence-corrected chi connectivity index (χ4v) is 3.24. The Labute approximate surface area is 165 Å². The zero-order valence-electron chi connectivity index (χ0n) is 15.6. The first kappa shape index (κ1) is 20.2. The van der Waals surface area contributed by atoms with Gasteiger partial charge in [-0.1, -0.05) is 19.9 Å². The van der Waals surface area contributed by atoms with E-state index in [1.165, 1.54) is 29.5 Å². The third-order valence-electron chi connectivity index (χ3n) is 4.17. The molecule has 0 aliphatic rings. The third kappa shape index (κ3) is 4.64. The van der Waals surface area contributed by atoms with Gasteiger partial charge in [-0.3, -0.25) is 4.68 Å². The number of benzene rings is 1. The lowest BCUT2D eigenvalue weighted by Crippen LogP contribution is -2.29. The van der Waals surface area contributed by atoms with Crippen molar-refractivity contribution in [2.75, 3.05) is 6.26 Å². The van der Waals surface area contributed by atoms with Crippen molar-refractivity contribution >= 4 is 11.8 Å². The number of nitrogens with zero attached hydrogens (tertiary/aromatic N) is 4. The molecule has 3 rings (SSSR count). The molecule has 0 aliphatic carbocycles. The van der Waals surface area contributed by atoms with Crippen LogP contribution >= 0.6 is 11.8 Å². The van der Waals surface area contributed by atoms with Crippen LogP contribution in [0, 0.1) is 0 Å². The number of hydrogen-bond acceptors (Lipinski definition) is 5. The average molecular weight is 408 g/mol. The van der Waals surface area contributed by atoms with Crippen LogP contribution < -0.4 is 4.74 Å². The van der Waals surface area contributed by atoms with Gasteiger partial charge in [0.25, 0.3) is 0 Å². The van der Waals surface area contributed by atoms with Crippen LogP contribution in [0.5, 0.6) is 11.6 Å². The van der Waals surface area contributed by atoms with Gasteiger partial charge in [0.05, 0.1) is 6.54 Å². The van der Waals surface area contributed by atoms with E-state index in [1.54, 1.807) is 37.7 Å². The Kier molecular flexibility index (Phi) is 5.64. The summed E-state index contributed by atoms with van der Waals surface area (Å²) < 4.78 is 48.2. The van der Waals surface area contributed by atoms with Gasteiger partial charge in [-0.2, -0.15) is 18.3 Å². The number of aromatic nitrogens is 4. The summed E-state index contributed by atoms with van der Waals surface area (Å²) in [5.41, 5.74) is -1.76. The first-order valence-electron chi connectivity index (χ1n) is 8.42. The molecule has 2 aromatic heterocycles. The number of ether oxygens (including phenoxy) is 1. The number of thioether (sulfide) groups is 1. The second kappa shape index (κ2) is 7.83. The molecule has 9 heteroatoms. The van der Waals surface area contributed by atoms with E-state index in [0.29, 0.717) is 5.75 Å². The number of pyridine rings is 1. The molecule has 28 heavy (non-hydrogen) atoms. The minimum absolute atomic E-state index is 0.0700. The summed E-state index contributed by atoms with van der Waals surface area (Å²) in [6.45, 7) is 3.65. The molecule has 5 nitrogen and oxygen atoms in total. The standard InChI is InChI=1S/C19H19F3N4OS/c1-18(2,10-26-12-23-11-24-26)15-8-9-16(25-17(15)19(20,21)22)27-13-4-6-14(28-3)7-5-13/h4-9,11-12H,10H2,1-3H3. The van der Waals surface area contributed by atoms with E-state index < -0.39 is 17.3 Å². The molecule has 0 fully saturated rings. The predicted octanol–water partition coefficient (Wildman–Crippen LogP) is 5.18. The van der Waals surface area contributed by atoms with E-state index in [1.807, 2.05) is 18.4 Å². The Hall–Kier alpha value is -2.55. The highest BCUT2D eigenvalue weighted by Crippen LogP contribution is 2.38. The number of halogens is 3. The van der Waals surface area contributed by atoms with Gasteiger partial charge in [-0.05, 0) is 36.1 Å². The van der Waals surface area contributed by atoms with Crippen LogP contribution in [0.4, 0.5) is 13.2 Å². The summed E-state index contributed by atoms with van der Waals surface area (Å²) in [6.07, 6.45) is 0.139. The van der Waals surface area contributed by atoms with Crippen LogP contribution in [0.2, 0.25) is 0 Å². The van der Waals surface area contributed by atoms with Gasteiger partial charge in [0.2, 0.25) is 5.88 Å². The third-order valence-corrected chi connectivity index (χ3v) is 4.92. The van der Waals surface area contributed by atoms with E-state index in [4.69, 9.17) is 4.74 Å². The summed E-state index contributed by atoms with van der Waals surface area (Å²) in [5, 5.41) is 3.98. The summed E-state index contributed by atoms with van der Waals surface area (Å²) in [7, 11) is 0. The molecule has 0 amide bonds. The lowest BCUT2D eigenvalue weighted by Gasteiger charge is -2.28. The Morgan fingerprint density at radius 3 is 2.36 bits per heavy atom. The summed E-state index contributed by atoms with van der Waals surface area (Å²) in [5.74, 6) is 0.317. The largest absolute Gasteiger partial charge is 0.439 e. The highest BCUT2D eigenvalue weighted by molar-refractivity contribution is 7.98. The van der Waals surface area contributed by atoms with Crippen LogP contribution in [0.1, 0.15) is 25.1 Å². The first-order valence-corrected chi connectivity index (χ1v) is 9.64. The Morgan fingerprint density at radius 1 is 1.07 bits per heavy atom. The normalized spacial score (nSPS) is 12.2. The van der Waals surface area contributed by atoms with Gasteiger partial charge in [-0.15, -0.1) is 11.8 Å². The molecule has 0 N–H and O–H groups in total. The van der Waals surface area contributed by atoms with E-state index in [2.05, 4.69) is 15.1 Å². The van der Waals surface area contributed by atoms with Crippen LogP contribution in [0.15, 0.2) is 53.9 Å². The van der Waals surface area contributed by atoms with Gasteiger partial charge in [0.15, 0.2) is 5.69 Å². The van der Waals surface area contributed by atoms with E-state index in [-0.39, 0.29) is 18.0 Å². The molecule has 0 saturated carbocycles. The first-order chi connectivity index (χ1) is 13.2. The highest BCUT2D eigenvalue weighted by atomic mass is 32.2. The van der Waals surface area contributed by atoms with Crippen molar-refractivity contribution < 1.29 is 17.9 Å². The summed E-state index contributed by atoms with van der Waals surface area (Å²) >= 11 is 1.56. The summed E-state index contributed by atoms with van der Waals surface area (Å²) in [4.78, 5) is 8.65. The van der Waals surface area contributed by atoms with Crippen LogP contribution in [-0.4, -0.2) is 26.0 Å². The van der Waals surface area contributed by atoms with E-state index in [9.17, 15) is 13.2 Å². The second-order valence-corrected chi connectivity index (χ2v) is 7.68. The van der Waals surface area contributed by atoms with Crippen molar-refractivity contribution in [2.24, 2.45) is 0 Å². The molecule has 3 aromatic rings. The zero-order chi connectivity index (χ0) is 20.4. The van der Waals surface area contributed by atoms with Crippen molar-refractivity contribution in [1.29, 1.82) is 0 Å². The molecule has 0 bridgehead atoms. The minimum Gasteiger partial charge on any atom is -0.439 e. The second-order valence-electron chi connectivity index (χ2n) is 6.80. The maximum absolute atomic E-state index is 13.7. The van der Waals surface area contributed by atoms with Gasteiger partial charge in [0, 0.05) is 16.4 Å². The Balaban J connectivity index is 1.93. The topological polar surface area (TPSA) is 52.8 Å². The Bertz CT molecular complexity index is 925. The van der Waals surface area contributed by atoms with E-state index in [0.717, 1.165) is 4.90 Å². The summed E-state index contributed by atoms with van der Waals surface area (Å²) in [6, 6.07) is 9.93. The minimum atomic E-state index is -4.61. The molecule has 1 aromatic carbocycles. The van der Waals surface area contributed by atoms with Crippen LogP contribution in [0.25, 0.3) is 0 Å². The van der Waals surface area contributed by atoms with Gasteiger partial charge >= 0.3 is 6.18 Å². The monoisotopic (exact) mass is 408 g/mol. The number of alkyl halides is 3. The van der Waals surface area contributed by atoms with Crippen LogP contribution in [-0.2, 0) is 18.1 Å². The van der Waals surface area contributed by atoms with Gasteiger partial charge < -0.3 is 4.74 Å². The fourth-order valence-electron chi connectivity index (χ4n) is 2.83. The molecule has 0 saturated heterocycles. The lowest BCUT2D eigenvalue weighted by molar-refractivity contribution is -0.142. The fraction of sp³-hybridized carbons (Fsp3) is 0.316. The van der Waals surface area contributed by atoms with Crippen molar-refractivity contribution in [3.05, 3.63) is 60.3 Å². The van der Waals surface area contributed by atoms with Crippen molar-refractivity contribution in [2.45, 2.75) is 36.9 Å². The zero-order valence-corrected chi connectivity index (χ0v) is 16.4. The molecule has 2 heterocycles. The smallest absolute Gasteiger partial charge is 0.433 e. The van der Waals surface area contributed by atoms with Crippen LogP contribution in [0.3, 0.4) is 0 Å². The molecular formula is C19H19F3N4OS. The van der Waals surface area contributed by atoms with E-state index >= 15 is 0 Å². The molecule has 148 valence electrons. The number of rotatable bonds is 6. The molecule has 0 unspecified atom stereocenters. The van der Waals surface area contributed by atoms with Crippen molar-refractivity contribution in [1.82, 2.24) is 19.7 Å². The van der Waals surface area contributed by atoms with Crippen molar-refractivity contribution in [3.8, 4) is 11.6 Å². The quantitative estimate of drug-likeness (QED) is 0.526. The number of hydrogen-bond donors (Lipinski definition) is 0. The highest BCUT2D eigenvalue weighted by Gasteiger charge is 2.40. The molecule has 0 radical (unpaired) electrons. The predicted molar refractivity (Wildman–Crippen MR) is 101 cm³/mol. The lowest BCUT2D eigenvalue weighted by atomic mass is 9.83. The molecule has 0 spiro atoms. The average Bonchev–Trinajstić information content (AvgIpc) is 3.14. The maximum atomic E-state index is 13.7. The van der Waals surface area contributed by atoms with Gasteiger partial charge in [0.1, 0.15) is 18.4 Å². The SMILES string of the molecule is CSc1ccc(Oc2ccc(C(C)(C)Cn3cncn3)c(C(F)(F)F)n2)cc1. The van der Waals surface area contributed by atoms with Gasteiger partial charge in [-0.25, -0.2) is 9.97 Å². The Morgan fingerprint density at radius 2 is 1.79 bits per heavy atom. The molecule has 0 aliphatic heterocycles.